The number of carboxylic acid groups (broad SMARTS) is 1. The Kier molecular flexibility index (Phi) is 8.90. The van der Waals surface area contributed by atoms with Gasteiger partial charge in [-0.1, -0.05) is 55.8 Å². The van der Waals surface area contributed by atoms with Crippen molar-refractivity contribution in [2.45, 2.75) is 71.5 Å². The summed E-state index contributed by atoms with van der Waals surface area (Å²) in [6.45, 7) is 8.47. The van der Waals surface area contributed by atoms with Gasteiger partial charge in [-0.05, 0) is 50.5 Å². The van der Waals surface area contributed by atoms with Crippen molar-refractivity contribution in [3.05, 3.63) is 48.0 Å². The summed E-state index contributed by atoms with van der Waals surface area (Å²) in [5, 5.41) is 13.0. The Hall–Kier alpha value is -2.14. The molecule has 0 spiro atoms. The number of likely N-dealkylation sites (tertiary alicyclic amines) is 1. The van der Waals surface area contributed by atoms with Gasteiger partial charge in [-0.2, -0.15) is 0 Å². The van der Waals surface area contributed by atoms with E-state index in [1.165, 1.54) is 5.56 Å². The summed E-state index contributed by atoms with van der Waals surface area (Å²) in [5.41, 5.74) is 1.20. The first kappa shape index (κ1) is 23.1. The lowest BCUT2D eigenvalue weighted by atomic mass is 9.83. The molecule has 0 bridgehead atoms. The van der Waals surface area contributed by atoms with Gasteiger partial charge in [0, 0.05) is 25.6 Å². The third kappa shape index (κ3) is 6.43. The fourth-order valence-corrected chi connectivity index (χ4v) is 4.82. The number of carbonyl (C=O) groups is 2. The molecule has 1 aromatic carbocycles. The zero-order valence-electron chi connectivity index (χ0n) is 18.2. The molecule has 2 rings (SSSR count). The average molecular weight is 401 g/mol. The number of nitrogens with zero attached hydrogens (tertiary/aromatic N) is 1. The lowest BCUT2D eigenvalue weighted by Gasteiger charge is -2.40. The van der Waals surface area contributed by atoms with Crippen molar-refractivity contribution in [2.24, 2.45) is 11.8 Å². The zero-order valence-corrected chi connectivity index (χ0v) is 18.2. The maximum atomic E-state index is 12.1. The number of carbonyl (C=O) groups excluding carboxylic acids is 1. The van der Waals surface area contributed by atoms with E-state index < -0.39 is 12.0 Å². The van der Waals surface area contributed by atoms with Gasteiger partial charge in [0.05, 0.1) is 0 Å². The third-order valence-electron chi connectivity index (χ3n) is 6.02. The molecule has 1 fully saturated rings. The number of nitrogens with one attached hydrogen (secondary N) is 1. The molecule has 29 heavy (non-hydrogen) atoms. The molecule has 0 saturated carbocycles. The number of carboxylic acids is 1. The SMILES string of the molecule is C/C=C\C1CC(C(=O)O)N(C(Cc2ccccc2)C(CCC)C(C)NC(C)=O)C1. The molecular weight excluding hydrogens is 364 g/mol. The molecule has 1 aromatic rings. The zero-order chi connectivity index (χ0) is 21.4. The quantitative estimate of drug-likeness (QED) is 0.585. The maximum Gasteiger partial charge on any atom is 0.320 e. The minimum Gasteiger partial charge on any atom is -0.480 e. The first-order valence-corrected chi connectivity index (χ1v) is 10.8. The average Bonchev–Trinajstić information content (AvgIpc) is 3.09. The molecule has 1 aliphatic heterocycles. The molecule has 5 heteroatoms. The molecule has 5 atom stereocenters. The monoisotopic (exact) mass is 400 g/mol. The molecule has 5 nitrogen and oxygen atoms in total. The van der Waals surface area contributed by atoms with Gasteiger partial charge in [-0.25, -0.2) is 0 Å². The van der Waals surface area contributed by atoms with Crippen LogP contribution in [-0.4, -0.2) is 46.6 Å². The molecular formula is C24H36N2O3. The predicted molar refractivity (Wildman–Crippen MR) is 117 cm³/mol. The van der Waals surface area contributed by atoms with Crippen LogP contribution in [0.25, 0.3) is 0 Å². The number of rotatable bonds is 10. The molecule has 1 heterocycles. The van der Waals surface area contributed by atoms with Crippen LogP contribution in [0.15, 0.2) is 42.5 Å². The summed E-state index contributed by atoms with van der Waals surface area (Å²) in [5.74, 6) is -0.370. The Bertz CT molecular complexity index is 689. The van der Waals surface area contributed by atoms with Crippen molar-refractivity contribution in [1.82, 2.24) is 10.2 Å². The van der Waals surface area contributed by atoms with E-state index in [9.17, 15) is 14.7 Å². The lowest BCUT2D eigenvalue weighted by molar-refractivity contribution is -0.143. The molecule has 0 aliphatic carbocycles. The highest BCUT2D eigenvalue weighted by atomic mass is 16.4. The number of benzene rings is 1. The van der Waals surface area contributed by atoms with Gasteiger partial charge in [0.1, 0.15) is 6.04 Å². The topological polar surface area (TPSA) is 69.6 Å². The van der Waals surface area contributed by atoms with Crippen molar-refractivity contribution >= 4 is 11.9 Å². The first-order valence-electron chi connectivity index (χ1n) is 10.8. The summed E-state index contributed by atoms with van der Waals surface area (Å²) < 4.78 is 0. The van der Waals surface area contributed by atoms with Crippen LogP contribution in [0, 0.1) is 11.8 Å². The molecule has 0 radical (unpaired) electrons. The van der Waals surface area contributed by atoms with E-state index in [4.69, 9.17) is 0 Å². The van der Waals surface area contributed by atoms with Crippen molar-refractivity contribution in [2.75, 3.05) is 6.54 Å². The van der Waals surface area contributed by atoms with Crippen LogP contribution >= 0.6 is 0 Å². The molecule has 160 valence electrons. The number of hydrogen-bond acceptors (Lipinski definition) is 3. The summed E-state index contributed by atoms with van der Waals surface area (Å²) in [6, 6.07) is 9.81. The normalized spacial score (nSPS) is 23.0. The Labute approximate surface area is 175 Å². The van der Waals surface area contributed by atoms with Crippen molar-refractivity contribution in [3.63, 3.8) is 0 Å². The standard InChI is InChI=1S/C24H36N2O3/c1-5-10-20-15-23(24(28)29)26(16-20)22(14-19-12-8-7-9-13-19)21(11-6-2)17(3)25-18(4)27/h5,7-10,12-13,17,20-23H,6,11,14-16H2,1-4H3,(H,25,27)(H,28,29)/b10-5-. The largest absolute Gasteiger partial charge is 0.480 e. The van der Waals surface area contributed by atoms with Crippen LogP contribution in [0.2, 0.25) is 0 Å². The van der Waals surface area contributed by atoms with Gasteiger partial charge in [0.2, 0.25) is 5.91 Å². The number of allylic oxidation sites excluding steroid dienone is 1. The fourth-order valence-electron chi connectivity index (χ4n) is 4.82. The van der Waals surface area contributed by atoms with Crippen molar-refractivity contribution in [1.29, 1.82) is 0 Å². The van der Waals surface area contributed by atoms with E-state index in [1.54, 1.807) is 6.92 Å². The maximum absolute atomic E-state index is 12.1. The minimum atomic E-state index is -0.752. The Morgan fingerprint density at radius 3 is 2.55 bits per heavy atom. The van der Waals surface area contributed by atoms with Crippen LogP contribution in [0.3, 0.4) is 0 Å². The number of hydrogen-bond donors (Lipinski definition) is 2. The van der Waals surface area contributed by atoms with Crippen molar-refractivity contribution in [3.8, 4) is 0 Å². The Balaban J connectivity index is 2.40. The molecule has 2 N–H and O–H groups in total. The highest BCUT2D eigenvalue weighted by molar-refractivity contribution is 5.74. The summed E-state index contributed by atoms with van der Waals surface area (Å²) in [7, 11) is 0. The lowest BCUT2D eigenvalue weighted by Crippen LogP contribution is -2.53. The molecule has 1 saturated heterocycles. The highest BCUT2D eigenvalue weighted by Crippen LogP contribution is 2.33. The van der Waals surface area contributed by atoms with Crippen LogP contribution in [-0.2, 0) is 16.0 Å². The molecule has 5 unspecified atom stereocenters. The van der Waals surface area contributed by atoms with E-state index in [2.05, 4.69) is 42.3 Å². The minimum absolute atomic E-state index is 0.0172. The molecule has 1 aliphatic rings. The van der Waals surface area contributed by atoms with Gasteiger partial charge in [-0.3, -0.25) is 14.5 Å². The number of aliphatic carboxylic acids is 1. The van der Waals surface area contributed by atoms with E-state index >= 15 is 0 Å². The van der Waals surface area contributed by atoms with Gasteiger partial charge < -0.3 is 10.4 Å². The summed E-state index contributed by atoms with van der Waals surface area (Å²) >= 11 is 0. The third-order valence-corrected chi connectivity index (χ3v) is 6.02. The second kappa shape index (κ2) is 11.1. The van der Waals surface area contributed by atoms with Gasteiger partial charge >= 0.3 is 5.97 Å². The summed E-state index contributed by atoms with van der Waals surface area (Å²) in [6.07, 6.45) is 7.49. The van der Waals surface area contributed by atoms with Crippen LogP contribution < -0.4 is 5.32 Å². The second-order valence-corrected chi connectivity index (χ2v) is 8.27. The van der Waals surface area contributed by atoms with Crippen LogP contribution in [0.1, 0.15) is 52.5 Å². The van der Waals surface area contributed by atoms with Crippen molar-refractivity contribution < 1.29 is 14.7 Å². The van der Waals surface area contributed by atoms with Crippen LogP contribution in [0.4, 0.5) is 0 Å². The van der Waals surface area contributed by atoms with Gasteiger partial charge in [0.25, 0.3) is 0 Å². The second-order valence-electron chi connectivity index (χ2n) is 8.27. The van der Waals surface area contributed by atoms with E-state index in [0.717, 1.165) is 25.8 Å². The molecule has 1 amide bonds. The number of amides is 1. The Morgan fingerprint density at radius 1 is 1.31 bits per heavy atom. The fraction of sp³-hybridized carbons (Fsp3) is 0.583. The highest BCUT2D eigenvalue weighted by Gasteiger charge is 2.43. The van der Waals surface area contributed by atoms with E-state index in [1.807, 2.05) is 31.2 Å². The smallest absolute Gasteiger partial charge is 0.320 e. The first-order chi connectivity index (χ1) is 13.9. The van der Waals surface area contributed by atoms with E-state index in [0.29, 0.717) is 6.42 Å². The molecule has 0 aromatic heterocycles. The van der Waals surface area contributed by atoms with Crippen LogP contribution in [0.5, 0.6) is 0 Å². The summed E-state index contributed by atoms with van der Waals surface area (Å²) in [4.78, 5) is 26.1. The van der Waals surface area contributed by atoms with E-state index in [-0.39, 0.29) is 29.8 Å². The predicted octanol–water partition coefficient (Wildman–Crippen LogP) is 3.89. The van der Waals surface area contributed by atoms with Gasteiger partial charge in [-0.15, -0.1) is 0 Å². The Morgan fingerprint density at radius 2 is 2.00 bits per heavy atom. The van der Waals surface area contributed by atoms with Gasteiger partial charge in [0.15, 0.2) is 0 Å².